The first-order valence-electron chi connectivity index (χ1n) is 7.99. The van der Waals surface area contributed by atoms with Gasteiger partial charge in [-0.15, -0.1) is 0 Å². The molecular formula is C19H21ClN2O2. The Morgan fingerprint density at radius 1 is 1.25 bits per heavy atom. The van der Waals surface area contributed by atoms with Gasteiger partial charge in [-0.05, 0) is 23.3 Å². The predicted molar refractivity (Wildman–Crippen MR) is 95.5 cm³/mol. The van der Waals surface area contributed by atoms with Gasteiger partial charge in [0, 0.05) is 30.1 Å². The SMILES string of the molecule is C[C@@]1(c2ccc(Cl)cc2)CN(Cc2ccccc2)C[C@H]1NC(=O)O. The van der Waals surface area contributed by atoms with E-state index in [9.17, 15) is 9.90 Å². The monoisotopic (exact) mass is 344 g/mol. The van der Waals surface area contributed by atoms with E-state index in [1.54, 1.807) is 0 Å². The molecule has 0 spiro atoms. The number of hydrogen-bond donors (Lipinski definition) is 2. The van der Waals surface area contributed by atoms with Crippen molar-refractivity contribution in [3.05, 3.63) is 70.7 Å². The minimum atomic E-state index is -0.984. The van der Waals surface area contributed by atoms with Crippen molar-refractivity contribution in [2.24, 2.45) is 0 Å². The van der Waals surface area contributed by atoms with Gasteiger partial charge in [-0.3, -0.25) is 4.90 Å². The molecule has 0 unspecified atom stereocenters. The Morgan fingerprint density at radius 3 is 2.54 bits per heavy atom. The van der Waals surface area contributed by atoms with Gasteiger partial charge in [-0.25, -0.2) is 4.79 Å². The average Bonchev–Trinajstić information content (AvgIpc) is 2.85. The number of rotatable bonds is 4. The third-order valence-corrected chi connectivity index (χ3v) is 5.06. The van der Waals surface area contributed by atoms with Gasteiger partial charge in [0.1, 0.15) is 0 Å². The number of nitrogens with zero attached hydrogens (tertiary/aromatic N) is 1. The maximum atomic E-state index is 11.2. The maximum Gasteiger partial charge on any atom is 0.404 e. The van der Waals surface area contributed by atoms with Gasteiger partial charge in [0.15, 0.2) is 0 Å². The Balaban J connectivity index is 1.85. The predicted octanol–water partition coefficient (Wildman–Crippen LogP) is 3.75. The van der Waals surface area contributed by atoms with Crippen LogP contribution in [0.15, 0.2) is 54.6 Å². The van der Waals surface area contributed by atoms with Crippen molar-refractivity contribution in [1.82, 2.24) is 10.2 Å². The Bertz CT molecular complexity index is 705. The highest BCUT2D eigenvalue weighted by Gasteiger charge is 2.44. The van der Waals surface area contributed by atoms with Gasteiger partial charge in [0.25, 0.3) is 0 Å². The standard InChI is InChI=1S/C19H21ClN2O2/c1-19(15-7-9-16(20)10-8-15)13-22(12-17(19)21-18(23)24)11-14-5-3-2-4-6-14/h2-10,17,21H,11-13H2,1H3,(H,23,24)/t17-,19+/m1/s1. The third kappa shape index (κ3) is 3.55. The summed E-state index contributed by atoms with van der Waals surface area (Å²) in [6, 6.07) is 17.8. The van der Waals surface area contributed by atoms with E-state index < -0.39 is 6.09 Å². The highest BCUT2D eigenvalue weighted by atomic mass is 35.5. The van der Waals surface area contributed by atoms with E-state index in [4.69, 9.17) is 11.6 Å². The van der Waals surface area contributed by atoms with Crippen LogP contribution in [0.2, 0.25) is 5.02 Å². The van der Waals surface area contributed by atoms with E-state index in [1.807, 2.05) is 42.5 Å². The molecule has 24 heavy (non-hydrogen) atoms. The highest BCUT2D eigenvalue weighted by molar-refractivity contribution is 6.30. The van der Waals surface area contributed by atoms with Crippen molar-refractivity contribution in [2.75, 3.05) is 13.1 Å². The molecule has 1 saturated heterocycles. The molecule has 2 atom stereocenters. The highest BCUT2D eigenvalue weighted by Crippen LogP contribution is 2.35. The zero-order valence-corrected chi connectivity index (χ0v) is 14.3. The zero-order valence-electron chi connectivity index (χ0n) is 13.6. The van der Waals surface area contributed by atoms with Gasteiger partial charge in [-0.1, -0.05) is 61.0 Å². The molecule has 2 aromatic carbocycles. The largest absolute Gasteiger partial charge is 0.465 e. The molecule has 1 fully saturated rings. The van der Waals surface area contributed by atoms with E-state index in [0.717, 1.165) is 18.7 Å². The fourth-order valence-electron chi connectivity index (χ4n) is 3.54. The van der Waals surface area contributed by atoms with Crippen molar-refractivity contribution in [2.45, 2.75) is 24.9 Å². The lowest BCUT2D eigenvalue weighted by atomic mass is 9.78. The van der Waals surface area contributed by atoms with Crippen molar-refractivity contribution in [1.29, 1.82) is 0 Å². The van der Waals surface area contributed by atoms with Crippen LogP contribution in [0.4, 0.5) is 4.79 Å². The molecule has 0 aromatic heterocycles. The van der Waals surface area contributed by atoms with Crippen LogP contribution in [-0.2, 0) is 12.0 Å². The summed E-state index contributed by atoms with van der Waals surface area (Å²) in [7, 11) is 0. The first kappa shape index (κ1) is 16.8. The molecule has 4 nitrogen and oxygen atoms in total. The number of halogens is 1. The van der Waals surface area contributed by atoms with Gasteiger partial charge in [0.2, 0.25) is 0 Å². The minimum Gasteiger partial charge on any atom is -0.465 e. The summed E-state index contributed by atoms with van der Waals surface area (Å²) >= 11 is 6.00. The molecule has 1 aliphatic heterocycles. The van der Waals surface area contributed by atoms with Crippen molar-refractivity contribution >= 4 is 17.7 Å². The average molecular weight is 345 g/mol. The zero-order chi connectivity index (χ0) is 17.2. The number of carboxylic acid groups (broad SMARTS) is 1. The second kappa shape index (κ2) is 6.83. The van der Waals surface area contributed by atoms with Crippen LogP contribution >= 0.6 is 11.6 Å². The second-order valence-electron chi connectivity index (χ2n) is 6.58. The van der Waals surface area contributed by atoms with Crippen LogP contribution in [-0.4, -0.2) is 35.2 Å². The molecule has 3 rings (SSSR count). The molecule has 1 amide bonds. The molecule has 2 N–H and O–H groups in total. The van der Waals surface area contributed by atoms with Gasteiger partial charge in [-0.2, -0.15) is 0 Å². The second-order valence-corrected chi connectivity index (χ2v) is 7.02. The van der Waals surface area contributed by atoms with Crippen LogP contribution in [0.25, 0.3) is 0 Å². The van der Waals surface area contributed by atoms with Crippen LogP contribution in [0.5, 0.6) is 0 Å². The Hall–Kier alpha value is -2.04. The van der Waals surface area contributed by atoms with E-state index in [2.05, 4.69) is 29.3 Å². The summed E-state index contributed by atoms with van der Waals surface area (Å²) in [5.41, 5.74) is 2.03. The summed E-state index contributed by atoms with van der Waals surface area (Å²) < 4.78 is 0. The number of hydrogen-bond acceptors (Lipinski definition) is 2. The minimum absolute atomic E-state index is 0.167. The summed E-state index contributed by atoms with van der Waals surface area (Å²) in [5, 5.41) is 12.6. The molecular weight excluding hydrogens is 324 g/mol. The summed E-state index contributed by atoms with van der Waals surface area (Å²) in [4.78, 5) is 13.5. The number of benzene rings is 2. The molecule has 2 aromatic rings. The van der Waals surface area contributed by atoms with Crippen LogP contribution in [0, 0.1) is 0 Å². The van der Waals surface area contributed by atoms with Gasteiger partial charge >= 0.3 is 6.09 Å². The van der Waals surface area contributed by atoms with E-state index in [-0.39, 0.29) is 11.5 Å². The topological polar surface area (TPSA) is 52.6 Å². The molecule has 126 valence electrons. The third-order valence-electron chi connectivity index (χ3n) is 4.81. The van der Waals surface area contributed by atoms with Crippen molar-refractivity contribution < 1.29 is 9.90 Å². The Labute approximate surface area is 147 Å². The number of amides is 1. The summed E-state index contributed by atoms with van der Waals surface area (Å²) in [5.74, 6) is 0. The van der Waals surface area contributed by atoms with Crippen LogP contribution in [0.1, 0.15) is 18.1 Å². The van der Waals surface area contributed by atoms with Gasteiger partial charge < -0.3 is 10.4 Å². The Kier molecular flexibility index (Phi) is 4.78. The molecule has 1 heterocycles. The van der Waals surface area contributed by atoms with Gasteiger partial charge in [0.05, 0.1) is 6.04 Å². The quantitative estimate of drug-likeness (QED) is 0.888. The lowest BCUT2D eigenvalue weighted by Gasteiger charge is -2.31. The van der Waals surface area contributed by atoms with E-state index >= 15 is 0 Å². The fraction of sp³-hybridized carbons (Fsp3) is 0.316. The fourth-order valence-corrected chi connectivity index (χ4v) is 3.66. The molecule has 1 aliphatic rings. The van der Waals surface area contributed by atoms with Crippen LogP contribution < -0.4 is 5.32 Å². The lowest BCUT2D eigenvalue weighted by Crippen LogP contribution is -2.47. The first-order chi connectivity index (χ1) is 11.5. The smallest absolute Gasteiger partial charge is 0.404 e. The molecule has 0 radical (unpaired) electrons. The first-order valence-corrected chi connectivity index (χ1v) is 8.37. The Morgan fingerprint density at radius 2 is 1.92 bits per heavy atom. The number of nitrogens with one attached hydrogen (secondary N) is 1. The van der Waals surface area contributed by atoms with Crippen LogP contribution in [0.3, 0.4) is 0 Å². The molecule has 0 saturated carbocycles. The summed E-state index contributed by atoms with van der Waals surface area (Å²) in [6.45, 7) is 4.39. The molecule has 0 aliphatic carbocycles. The maximum absolute atomic E-state index is 11.2. The van der Waals surface area contributed by atoms with Crippen molar-refractivity contribution in [3.8, 4) is 0 Å². The molecule has 5 heteroatoms. The van der Waals surface area contributed by atoms with E-state index in [0.29, 0.717) is 11.6 Å². The number of carbonyl (C=O) groups is 1. The summed E-state index contributed by atoms with van der Waals surface area (Å²) in [6.07, 6.45) is -0.984. The number of likely N-dealkylation sites (tertiary alicyclic amines) is 1. The lowest BCUT2D eigenvalue weighted by molar-refractivity contribution is 0.186. The normalized spacial score (nSPS) is 24.0. The van der Waals surface area contributed by atoms with E-state index in [1.165, 1.54) is 5.56 Å². The van der Waals surface area contributed by atoms with Crippen molar-refractivity contribution in [3.63, 3.8) is 0 Å². The molecule has 0 bridgehead atoms.